The van der Waals surface area contributed by atoms with Gasteiger partial charge in [-0.2, -0.15) is 0 Å². The average molecular weight is 501 g/mol. The minimum Gasteiger partial charge on any atom is -0.449 e. The second kappa shape index (κ2) is 10.7. The third-order valence-electron chi connectivity index (χ3n) is 5.65. The van der Waals surface area contributed by atoms with Crippen molar-refractivity contribution in [3.05, 3.63) is 51.9 Å². The van der Waals surface area contributed by atoms with Crippen molar-refractivity contribution in [3.63, 3.8) is 0 Å². The number of nitrogens with zero attached hydrogens (tertiary/aromatic N) is 4. The molecule has 0 radical (unpaired) electrons. The van der Waals surface area contributed by atoms with Crippen molar-refractivity contribution in [1.82, 2.24) is 19.7 Å². The number of aromatic nitrogens is 1. The number of rotatable bonds is 6. The fourth-order valence-corrected chi connectivity index (χ4v) is 5.26. The Bertz CT molecular complexity index is 1190. The van der Waals surface area contributed by atoms with Gasteiger partial charge in [0.2, 0.25) is 0 Å². The van der Waals surface area contributed by atoms with E-state index < -0.39 is 0 Å². The van der Waals surface area contributed by atoms with Crippen molar-refractivity contribution in [3.8, 4) is 10.6 Å². The Morgan fingerprint density at radius 3 is 2.53 bits per heavy atom. The van der Waals surface area contributed by atoms with Gasteiger partial charge in [0, 0.05) is 48.6 Å². The Labute approximate surface area is 208 Å². The van der Waals surface area contributed by atoms with Gasteiger partial charge in [0.05, 0.1) is 27.7 Å². The number of carbonyl (C=O) groups excluding carboxylic acids is 2. The summed E-state index contributed by atoms with van der Waals surface area (Å²) in [5.74, 6) is -0.0730. The van der Waals surface area contributed by atoms with Gasteiger partial charge < -0.3 is 19.4 Å². The summed E-state index contributed by atoms with van der Waals surface area (Å²) in [5.41, 5.74) is 2.06. The van der Waals surface area contributed by atoms with Gasteiger partial charge in [-0.3, -0.25) is 4.79 Å². The minimum atomic E-state index is -0.312. The molecule has 0 spiro atoms. The summed E-state index contributed by atoms with van der Waals surface area (Å²) in [5, 5.41) is 1.43. The fourth-order valence-electron chi connectivity index (χ4n) is 3.91. The van der Waals surface area contributed by atoms with Crippen molar-refractivity contribution >= 4 is 45.8 Å². The van der Waals surface area contributed by atoms with Crippen LogP contribution in [0.1, 0.15) is 28.6 Å². The van der Waals surface area contributed by atoms with Gasteiger partial charge in [0.15, 0.2) is 0 Å². The van der Waals surface area contributed by atoms with Crippen LogP contribution in [-0.4, -0.2) is 78.6 Å². The Morgan fingerprint density at radius 1 is 1.09 bits per heavy atom. The topological polar surface area (TPSA) is 66.0 Å². The van der Waals surface area contributed by atoms with Crippen LogP contribution in [0.5, 0.6) is 0 Å². The highest BCUT2D eigenvalue weighted by Crippen LogP contribution is 2.33. The molecule has 0 saturated carbocycles. The number of pyridine rings is 1. The van der Waals surface area contributed by atoms with Gasteiger partial charge in [-0.15, -0.1) is 11.3 Å². The number of hydrogen-bond donors (Lipinski definition) is 0. The van der Waals surface area contributed by atoms with E-state index in [1.54, 1.807) is 27.2 Å². The molecular weight excluding hydrogens is 472 g/mol. The molecule has 2 aromatic heterocycles. The zero-order valence-corrected chi connectivity index (χ0v) is 21.3. The monoisotopic (exact) mass is 500 g/mol. The lowest BCUT2D eigenvalue weighted by Crippen LogP contribution is -2.50. The molecule has 0 aliphatic carbocycles. The summed E-state index contributed by atoms with van der Waals surface area (Å²) in [7, 11) is 4.09. The lowest BCUT2D eigenvalue weighted by atomic mass is 10.1. The minimum absolute atomic E-state index is 0.0730. The smallest absolute Gasteiger partial charge is 0.409 e. The van der Waals surface area contributed by atoms with Crippen LogP contribution >= 0.6 is 22.9 Å². The first kappa shape index (κ1) is 24.4. The average Bonchev–Trinajstić information content (AvgIpc) is 3.29. The number of amides is 2. The van der Waals surface area contributed by atoms with E-state index in [1.807, 2.05) is 39.2 Å². The highest BCUT2D eigenvalue weighted by atomic mass is 35.5. The first-order valence-electron chi connectivity index (χ1n) is 11.4. The molecule has 4 rings (SSSR count). The molecule has 1 saturated heterocycles. The summed E-state index contributed by atoms with van der Waals surface area (Å²) < 4.78 is 5.20. The molecule has 1 aliphatic heterocycles. The Hall–Kier alpha value is -2.68. The first-order valence-corrected chi connectivity index (χ1v) is 12.6. The molecule has 1 aromatic carbocycles. The molecule has 3 aromatic rings. The van der Waals surface area contributed by atoms with Gasteiger partial charge in [0.1, 0.15) is 0 Å². The van der Waals surface area contributed by atoms with Crippen molar-refractivity contribution in [1.29, 1.82) is 0 Å². The largest absolute Gasteiger partial charge is 0.449 e. The predicted octanol–water partition coefficient (Wildman–Crippen LogP) is 4.98. The van der Waals surface area contributed by atoms with E-state index >= 15 is 0 Å². The van der Waals surface area contributed by atoms with E-state index in [-0.39, 0.29) is 12.0 Å². The molecule has 3 heterocycles. The molecule has 1 aliphatic rings. The van der Waals surface area contributed by atoms with Crippen LogP contribution in [0.4, 0.5) is 4.79 Å². The number of thiophene rings is 1. The van der Waals surface area contributed by atoms with Crippen LogP contribution in [0.3, 0.4) is 0 Å². The number of fused-ring (bicyclic) bond motifs is 1. The van der Waals surface area contributed by atoms with Crippen LogP contribution in [0.15, 0.2) is 36.4 Å². The van der Waals surface area contributed by atoms with Crippen molar-refractivity contribution in [2.45, 2.75) is 19.9 Å². The van der Waals surface area contributed by atoms with E-state index in [0.717, 1.165) is 28.9 Å². The Morgan fingerprint density at radius 2 is 1.82 bits per heavy atom. The molecule has 180 valence electrons. The maximum atomic E-state index is 13.2. The van der Waals surface area contributed by atoms with Crippen LogP contribution in [0, 0.1) is 0 Å². The second-order valence-corrected chi connectivity index (χ2v) is 10.2. The zero-order valence-electron chi connectivity index (χ0n) is 19.7. The normalized spacial score (nSPS) is 14.1. The van der Waals surface area contributed by atoms with Gasteiger partial charge in [-0.1, -0.05) is 24.6 Å². The molecule has 0 N–H and O–H groups in total. The van der Waals surface area contributed by atoms with Crippen molar-refractivity contribution in [2.24, 2.45) is 0 Å². The number of halogens is 1. The van der Waals surface area contributed by atoms with E-state index in [0.29, 0.717) is 48.9 Å². The first-order chi connectivity index (χ1) is 16.4. The lowest BCUT2D eigenvalue weighted by molar-refractivity contribution is 0.0560. The van der Waals surface area contributed by atoms with Crippen LogP contribution in [0.25, 0.3) is 21.5 Å². The SMILES string of the molecule is CCCOC(=O)N1CCN(C(=O)c2ccc3c(Cl)cc(-c4ccc(CN(C)C)s4)nc3c2)CC1. The van der Waals surface area contributed by atoms with Gasteiger partial charge in [-0.05, 0) is 50.8 Å². The third kappa shape index (κ3) is 5.51. The number of carbonyl (C=O) groups is 2. The molecular formula is C25H29ClN4O3S. The summed E-state index contributed by atoms with van der Waals surface area (Å²) in [6.45, 7) is 5.10. The molecule has 2 amide bonds. The number of benzene rings is 1. The summed E-state index contributed by atoms with van der Waals surface area (Å²) in [4.78, 5) is 37.9. The standard InChI is InChI=1S/C25H29ClN4O3S/c1-4-13-33-25(32)30-11-9-29(10-12-30)24(31)17-5-7-19-20(26)15-22(27-21(19)14-17)23-8-6-18(34-23)16-28(2)3/h5-8,14-15H,4,9-13,16H2,1-3H3. The summed E-state index contributed by atoms with van der Waals surface area (Å²) in [6, 6.07) is 11.5. The molecule has 0 bridgehead atoms. The van der Waals surface area contributed by atoms with Crippen molar-refractivity contribution in [2.75, 3.05) is 46.9 Å². The maximum absolute atomic E-state index is 13.2. The third-order valence-corrected chi connectivity index (χ3v) is 7.05. The predicted molar refractivity (Wildman–Crippen MR) is 137 cm³/mol. The highest BCUT2D eigenvalue weighted by Gasteiger charge is 2.26. The van der Waals surface area contributed by atoms with E-state index in [4.69, 9.17) is 21.3 Å². The van der Waals surface area contributed by atoms with Crippen LogP contribution in [0.2, 0.25) is 5.02 Å². The van der Waals surface area contributed by atoms with Crippen LogP contribution in [-0.2, 0) is 11.3 Å². The summed E-state index contributed by atoms with van der Waals surface area (Å²) >= 11 is 8.27. The Kier molecular flexibility index (Phi) is 7.70. The van der Waals surface area contributed by atoms with Crippen LogP contribution < -0.4 is 0 Å². The van der Waals surface area contributed by atoms with E-state index in [1.165, 1.54) is 4.88 Å². The van der Waals surface area contributed by atoms with Crippen molar-refractivity contribution < 1.29 is 14.3 Å². The molecule has 1 fully saturated rings. The lowest BCUT2D eigenvalue weighted by Gasteiger charge is -2.34. The van der Waals surface area contributed by atoms with E-state index in [2.05, 4.69) is 17.0 Å². The second-order valence-electron chi connectivity index (χ2n) is 8.62. The Balaban J connectivity index is 1.51. The number of piperazine rings is 1. The molecule has 0 atom stereocenters. The highest BCUT2D eigenvalue weighted by molar-refractivity contribution is 7.15. The molecule has 7 nitrogen and oxygen atoms in total. The van der Waals surface area contributed by atoms with Gasteiger partial charge >= 0.3 is 6.09 Å². The molecule has 34 heavy (non-hydrogen) atoms. The van der Waals surface area contributed by atoms with Gasteiger partial charge in [0.25, 0.3) is 5.91 Å². The number of ether oxygens (including phenoxy) is 1. The zero-order chi connectivity index (χ0) is 24.2. The summed E-state index contributed by atoms with van der Waals surface area (Å²) in [6.07, 6.45) is 0.476. The number of hydrogen-bond acceptors (Lipinski definition) is 6. The molecule has 0 unspecified atom stereocenters. The quantitative estimate of drug-likeness (QED) is 0.477. The fraction of sp³-hybridized carbons (Fsp3) is 0.400. The molecule has 9 heteroatoms. The van der Waals surface area contributed by atoms with E-state index in [9.17, 15) is 9.59 Å². The van der Waals surface area contributed by atoms with Gasteiger partial charge in [-0.25, -0.2) is 9.78 Å². The maximum Gasteiger partial charge on any atom is 0.409 e.